The highest BCUT2D eigenvalue weighted by Crippen LogP contribution is 2.28. The van der Waals surface area contributed by atoms with E-state index in [1.807, 2.05) is 24.4 Å². The van der Waals surface area contributed by atoms with Gasteiger partial charge in [-0.15, -0.1) is 22.7 Å². The molecule has 5 rings (SSSR count). The summed E-state index contributed by atoms with van der Waals surface area (Å²) in [6, 6.07) is 12.5. The molecule has 4 aromatic rings. The van der Waals surface area contributed by atoms with Gasteiger partial charge in [-0.25, -0.2) is 9.97 Å². The Morgan fingerprint density at radius 1 is 1.12 bits per heavy atom. The molecule has 1 saturated carbocycles. The number of benzene rings is 1. The van der Waals surface area contributed by atoms with Gasteiger partial charge in [-0.2, -0.15) is 0 Å². The Bertz CT molecular complexity index is 1260. The van der Waals surface area contributed by atoms with Gasteiger partial charge in [-0.3, -0.25) is 4.79 Å². The molecule has 2 atom stereocenters. The smallest absolute Gasteiger partial charge is 0.270 e. The molecule has 1 amide bonds. The quantitative estimate of drug-likeness (QED) is 0.370. The highest BCUT2D eigenvalue weighted by molar-refractivity contribution is 7.17. The zero-order chi connectivity index (χ0) is 22.8. The second-order valence-corrected chi connectivity index (χ2v) is 10.5. The van der Waals surface area contributed by atoms with Crippen molar-refractivity contribution in [2.24, 2.45) is 0 Å². The number of pyridine rings is 1. The van der Waals surface area contributed by atoms with Crippen molar-refractivity contribution in [3.8, 4) is 11.3 Å². The molecule has 0 radical (unpaired) electrons. The molecule has 1 N–H and O–H groups in total. The number of nitrogens with zero attached hydrogens (tertiary/aromatic N) is 2. The second kappa shape index (κ2) is 9.71. The highest BCUT2D eigenvalue weighted by Gasteiger charge is 2.27. The molecule has 170 valence electrons. The number of fused-ring (bicyclic) bond motifs is 1. The molecule has 1 aliphatic carbocycles. The average Bonchev–Trinajstić information content (AvgIpc) is 3.49. The fraction of sp³-hybridized carbons (Fsp3) is 0.346. The van der Waals surface area contributed by atoms with Crippen molar-refractivity contribution in [3.63, 3.8) is 0 Å². The van der Waals surface area contributed by atoms with Gasteiger partial charge in [0.05, 0.1) is 33.1 Å². The molecule has 0 saturated heterocycles. The van der Waals surface area contributed by atoms with E-state index in [1.54, 1.807) is 29.8 Å². The lowest BCUT2D eigenvalue weighted by molar-refractivity contribution is 0.0391. The molecule has 1 aromatic carbocycles. The van der Waals surface area contributed by atoms with E-state index in [0.29, 0.717) is 5.69 Å². The third-order valence-corrected chi connectivity index (χ3v) is 8.06. The van der Waals surface area contributed by atoms with E-state index in [0.717, 1.165) is 64.1 Å². The predicted octanol–water partition coefficient (Wildman–Crippen LogP) is 6.01. The van der Waals surface area contributed by atoms with Crippen LogP contribution in [-0.2, 0) is 11.2 Å². The number of aromatic nitrogens is 2. The van der Waals surface area contributed by atoms with Crippen LogP contribution in [0.3, 0.4) is 0 Å². The molecule has 3 aromatic heterocycles. The summed E-state index contributed by atoms with van der Waals surface area (Å²) < 4.78 is 6.74. The molecule has 3 heterocycles. The summed E-state index contributed by atoms with van der Waals surface area (Å²) in [5, 5.41) is 8.39. The molecule has 0 spiro atoms. The van der Waals surface area contributed by atoms with Crippen molar-refractivity contribution < 1.29 is 9.53 Å². The summed E-state index contributed by atoms with van der Waals surface area (Å²) in [7, 11) is 1.73. The Morgan fingerprint density at radius 2 is 1.94 bits per heavy atom. The number of aryl methyl sites for hydroxylation is 1. The maximum atomic E-state index is 13.1. The zero-order valence-corrected chi connectivity index (χ0v) is 20.5. The van der Waals surface area contributed by atoms with Crippen molar-refractivity contribution in [1.82, 2.24) is 15.3 Å². The first-order valence-electron chi connectivity index (χ1n) is 11.3. The number of ether oxygens (including phenoxy) is 1. The minimum absolute atomic E-state index is 0.0431. The van der Waals surface area contributed by atoms with E-state index in [4.69, 9.17) is 4.74 Å². The van der Waals surface area contributed by atoms with Crippen LogP contribution in [0.1, 0.15) is 52.3 Å². The SMILES string of the molecule is CO[C@H]1CCCC[C@@H]1NC(=O)c1cc(Cc2ccc(-c3csc(C)n3)cc2)c2sccc2n1. The van der Waals surface area contributed by atoms with Crippen LogP contribution >= 0.6 is 22.7 Å². The van der Waals surface area contributed by atoms with Crippen molar-refractivity contribution >= 4 is 38.8 Å². The first kappa shape index (κ1) is 22.2. The summed E-state index contributed by atoms with van der Waals surface area (Å²) >= 11 is 3.34. The van der Waals surface area contributed by atoms with E-state index in [-0.39, 0.29) is 18.1 Å². The summed E-state index contributed by atoms with van der Waals surface area (Å²) in [5.74, 6) is -0.118. The lowest BCUT2D eigenvalue weighted by Gasteiger charge is -2.30. The lowest BCUT2D eigenvalue weighted by atomic mass is 9.92. The number of hydrogen-bond acceptors (Lipinski definition) is 6. The van der Waals surface area contributed by atoms with Crippen LogP contribution in [0, 0.1) is 6.92 Å². The fourth-order valence-corrected chi connectivity index (χ4v) is 6.04. The normalized spacial score (nSPS) is 18.5. The number of carbonyl (C=O) groups excluding carboxylic acids is 1. The van der Waals surface area contributed by atoms with Crippen molar-refractivity contribution in [2.45, 2.75) is 51.2 Å². The lowest BCUT2D eigenvalue weighted by Crippen LogP contribution is -2.46. The summed E-state index contributed by atoms with van der Waals surface area (Å²) in [4.78, 5) is 22.4. The second-order valence-electron chi connectivity index (χ2n) is 8.57. The summed E-state index contributed by atoms with van der Waals surface area (Å²) in [6.07, 6.45) is 5.02. The van der Waals surface area contributed by atoms with E-state index >= 15 is 0 Å². The Balaban J connectivity index is 1.38. The van der Waals surface area contributed by atoms with Crippen molar-refractivity contribution in [2.75, 3.05) is 7.11 Å². The fourth-order valence-electron chi connectivity index (χ4n) is 4.57. The van der Waals surface area contributed by atoms with Crippen LogP contribution in [0.5, 0.6) is 0 Å². The molecule has 1 aliphatic rings. The minimum Gasteiger partial charge on any atom is -0.379 e. The highest BCUT2D eigenvalue weighted by atomic mass is 32.1. The van der Waals surface area contributed by atoms with E-state index in [2.05, 4.69) is 44.9 Å². The average molecular weight is 478 g/mol. The molecule has 7 heteroatoms. The van der Waals surface area contributed by atoms with Gasteiger partial charge in [0.15, 0.2) is 0 Å². The number of nitrogens with one attached hydrogen (secondary N) is 1. The Kier molecular flexibility index (Phi) is 6.53. The largest absolute Gasteiger partial charge is 0.379 e. The van der Waals surface area contributed by atoms with Crippen LogP contribution in [0.2, 0.25) is 0 Å². The topological polar surface area (TPSA) is 64.1 Å². The van der Waals surface area contributed by atoms with Crippen molar-refractivity contribution in [1.29, 1.82) is 0 Å². The van der Waals surface area contributed by atoms with Crippen LogP contribution in [0.25, 0.3) is 21.5 Å². The Hall–Kier alpha value is -2.61. The van der Waals surface area contributed by atoms with Crippen LogP contribution in [0.15, 0.2) is 47.2 Å². The van der Waals surface area contributed by atoms with Crippen molar-refractivity contribution in [3.05, 3.63) is 69.0 Å². The number of amides is 1. The molecule has 0 aliphatic heterocycles. The van der Waals surface area contributed by atoms with E-state index in [9.17, 15) is 4.79 Å². The van der Waals surface area contributed by atoms with Gasteiger partial charge < -0.3 is 10.1 Å². The third-order valence-electron chi connectivity index (χ3n) is 6.31. The Labute approximate surface area is 201 Å². The van der Waals surface area contributed by atoms with E-state index in [1.165, 1.54) is 5.56 Å². The number of carbonyl (C=O) groups is 1. The molecule has 0 bridgehead atoms. The number of rotatable bonds is 6. The van der Waals surface area contributed by atoms with Crippen LogP contribution in [0.4, 0.5) is 0 Å². The molecular weight excluding hydrogens is 450 g/mol. The Morgan fingerprint density at radius 3 is 2.70 bits per heavy atom. The van der Waals surface area contributed by atoms with Gasteiger partial charge in [0.2, 0.25) is 0 Å². The van der Waals surface area contributed by atoms with Crippen LogP contribution in [-0.4, -0.2) is 35.1 Å². The van der Waals surface area contributed by atoms with Gasteiger partial charge in [-0.05, 0) is 54.8 Å². The monoisotopic (exact) mass is 477 g/mol. The first-order chi connectivity index (χ1) is 16.1. The van der Waals surface area contributed by atoms with Gasteiger partial charge in [0.1, 0.15) is 5.69 Å². The van der Waals surface area contributed by atoms with Gasteiger partial charge >= 0.3 is 0 Å². The number of thiophene rings is 1. The molecular formula is C26H27N3O2S2. The number of methoxy groups -OCH3 is 1. The maximum Gasteiger partial charge on any atom is 0.270 e. The summed E-state index contributed by atoms with van der Waals surface area (Å²) in [5.41, 5.74) is 5.83. The van der Waals surface area contributed by atoms with Crippen LogP contribution < -0.4 is 5.32 Å². The molecule has 1 fully saturated rings. The first-order valence-corrected chi connectivity index (χ1v) is 13.1. The summed E-state index contributed by atoms with van der Waals surface area (Å²) in [6.45, 7) is 2.02. The minimum atomic E-state index is -0.118. The van der Waals surface area contributed by atoms with Gasteiger partial charge in [0, 0.05) is 18.1 Å². The standard InChI is InChI=1S/C26H27N3O2S2/c1-16-27-23(15-33-16)18-9-7-17(8-10-18)13-19-14-22(28-21-11-12-32-25(19)21)26(30)29-20-5-3-4-6-24(20)31-2/h7-12,14-15,20,24H,3-6,13H2,1-2H3,(H,29,30)/t20-,24-/m0/s1. The molecule has 33 heavy (non-hydrogen) atoms. The molecule has 0 unspecified atom stereocenters. The predicted molar refractivity (Wildman–Crippen MR) is 135 cm³/mol. The molecule has 5 nitrogen and oxygen atoms in total. The van der Waals surface area contributed by atoms with E-state index < -0.39 is 0 Å². The third kappa shape index (κ3) is 4.86. The number of thiazole rings is 1. The zero-order valence-electron chi connectivity index (χ0n) is 18.8. The van der Waals surface area contributed by atoms with Gasteiger partial charge in [0.25, 0.3) is 5.91 Å². The maximum absolute atomic E-state index is 13.1. The van der Waals surface area contributed by atoms with Gasteiger partial charge in [-0.1, -0.05) is 37.1 Å². The number of hydrogen-bond donors (Lipinski definition) is 1.